The van der Waals surface area contributed by atoms with Crippen molar-refractivity contribution in [1.82, 2.24) is 0 Å². The molecule has 0 amide bonds. The molecule has 0 aliphatic rings. The number of methoxy groups -OCH3 is 1. The molecule has 1 aromatic carbocycles. The molecular formula is C13H20FNO2. The van der Waals surface area contributed by atoms with Gasteiger partial charge in [-0.1, -0.05) is 0 Å². The van der Waals surface area contributed by atoms with Gasteiger partial charge in [0.2, 0.25) is 0 Å². The topological polar surface area (TPSA) is 44.5 Å². The summed E-state index contributed by atoms with van der Waals surface area (Å²) >= 11 is 0. The minimum absolute atomic E-state index is 0.0116. The molecule has 0 heterocycles. The molecule has 0 saturated carbocycles. The van der Waals surface area contributed by atoms with Gasteiger partial charge < -0.3 is 15.2 Å². The van der Waals surface area contributed by atoms with Gasteiger partial charge in [0.1, 0.15) is 5.82 Å². The second-order valence-electron chi connectivity index (χ2n) is 4.44. The molecule has 0 bridgehead atoms. The van der Waals surface area contributed by atoms with Crippen molar-refractivity contribution >= 4 is 0 Å². The van der Waals surface area contributed by atoms with Crippen LogP contribution in [0, 0.1) is 5.82 Å². The first-order chi connectivity index (χ1) is 7.93. The third-order valence-electron chi connectivity index (χ3n) is 2.24. The van der Waals surface area contributed by atoms with E-state index in [0.717, 1.165) is 0 Å². The molecule has 1 rings (SSSR count). The van der Waals surface area contributed by atoms with E-state index in [4.69, 9.17) is 15.2 Å². The summed E-state index contributed by atoms with van der Waals surface area (Å²) in [6.45, 7) is 5.66. The molecule has 4 heteroatoms. The normalized spacial score (nSPS) is 12.6. The van der Waals surface area contributed by atoms with Crippen LogP contribution in [0.2, 0.25) is 0 Å². The predicted molar refractivity (Wildman–Crippen MR) is 66.1 cm³/mol. The molecule has 1 unspecified atom stereocenters. The minimum atomic E-state index is -0.310. The lowest BCUT2D eigenvalue weighted by Crippen LogP contribution is -2.19. The van der Waals surface area contributed by atoms with E-state index in [9.17, 15) is 4.39 Å². The lowest BCUT2D eigenvalue weighted by Gasteiger charge is -2.16. The third kappa shape index (κ3) is 3.89. The SMILES string of the molecule is COc1cc(F)c(CC(C)N)cc1OC(C)C. The smallest absolute Gasteiger partial charge is 0.163 e. The maximum atomic E-state index is 13.7. The predicted octanol–water partition coefficient (Wildman–Crippen LogP) is 2.51. The number of hydrogen-bond acceptors (Lipinski definition) is 3. The average Bonchev–Trinajstić information content (AvgIpc) is 2.21. The highest BCUT2D eigenvalue weighted by Crippen LogP contribution is 2.31. The van der Waals surface area contributed by atoms with Gasteiger partial charge in [0.15, 0.2) is 11.5 Å². The largest absolute Gasteiger partial charge is 0.493 e. The molecule has 1 aromatic rings. The zero-order valence-electron chi connectivity index (χ0n) is 10.8. The van der Waals surface area contributed by atoms with Crippen molar-refractivity contribution < 1.29 is 13.9 Å². The fraction of sp³-hybridized carbons (Fsp3) is 0.538. The van der Waals surface area contributed by atoms with Crippen molar-refractivity contribution in [1.29, 1.82) is 0 Å². The van der Waals surface area contributed by atoms with Gasteiger partial charge in [-0.25, -0.2) is 4.39 Å². The molecule has 0 fully saturated rings. The Morgan fingerprint density at radius 1 is 1.24 bits per heavy atom. The molecule has 0 aliphatic carbocycles. The molecule has 0 saturated heterocycles. The number of ether oxygens (including phenoxy) is 2. The molecule has 0 radical (unpaired) electrons. The van der Waals surface area contributed by atoms with Crippen LogP contribution in [0.3, 0.4) is 0 Å². The summed E-state index contributed by atoms with van der Waals surface area (Å²) in [6.07, 6.45) is 0.488. The van der Waals surface area contributed by atoms with Crippen LogP contribution in [0.4, 0.5) is 4.39 Å². The van der Waals surface area contributed by atoms with E-state index >= 15 is 0 Å². The van der Waals surface area contributed by atoms with E-state index in [-0.39, 0.29) is 18.0 Å². The standard InChI is InChI=1S/C13H20FNO2/c1-8(2)17-13-6-10(5-9(3)15)11(14)7-12(13)16-4/h6-9H,5,15H2,1-4H3. The molecular weight excluding hydrogens is 221 g/mol. The number of rotatable bonds is 5. The van der Waals surface area contributed by atoms with E-state index in [0.29, 0.717) is 23.5 Å². The Kier molecular flexibility index (Phi) is 4.75. The zero-order valence-corrected chi connectivity index (χ0v) is 10.8. The van der Waals surface area contributed by atoms with Crippen LogP contribution in [0.5, 0.6) is 11.5 Å². The average molecular weight is 241 g/mol. The highest BCUT2D eigenvalue weighted by molar-refractivity contribution is 5.44. The quantitative estimate of drug-likeness (QED) is 0.861. The maximum Gasteiger partial charge on any atom is 0.163 e. The van der Waals surface area contributed by atoms with Crippen LogP contribution >= 0.6 is 0 Å². The number of nitrogens with two attached hydrogens (primary N) is 1. The van der Waals surface area contributed by atoms with Crippen molar-refractivity contribution in [3.8, 4) is 11.5 Å². The molecule has 17 heavy (non-hydrogen) atoms. The minimum Gasteiger partial charge on any atom is -0.493 e. The summed E-state index contributed by atoms with van der Waals surface area (Å²) in [6, 6.07) is 2.91. The highest BCUT2D eigenvalue weighted by atomic mass is 19.1. The van der Waals surface area contributed by atoms with Crippen molar-refractivity contribution in [2.24, 2.45) is 5.73 Å². The summed E-state index contributed by atoms with van der Waals surface area (Å²) in [7, 11) is 1.49. The maximum absolute atomic E-state index is 13.7. The van der Waals surface area contributed by atoms with Gasteiger partial charge in [-0.2, -0.15) is 0 Å². The Balaban J connectivity index is 3.08. The summed E-state index contributed by atoms with van der Waals surface area (Å²) in [4.78, 5) is 0. The molecule has 0 spiro atoms. The van der Waals surface area contributed by atoms with Gasteiger partial charge in [0, 0.05) is 12.1 Å². The lowest BCUT2D eigenvalue weighted by molar-refractivity contribution is 0.229. The molecule has 96 valence electrons. The van der Waals surface area contributed by atoms with Crippen LogP contribution in [0.25, 0.3) is 0 Å². The molecule has 3 nitrogen and oxygen atoms in total. The van der Waals surface area contributed by atoms with Gasteiger partial charge in [0.25, 0.3) is 0 Å². The number of hydrogen-bond donors (Lipinski definition) is 1. The number of benzene rings is 1. The van der Waals surface area contributed by atoms with Crippen LogP contribution in [0.1, 0.15) is 26.3 Å². The van der Waals surface area contributed by atoms with Crippen molar-refractivity contribution in [3.05, 3.63) is 23.5 Å². The summed E-state index contributed by atoms with van der Waals surface area (Å²) in [5.74, 6) is 0.652. The third-order valence-corrected chi connectivity index (χ3v) is 2.24. The first kappa shape index (κ1) is 13.8. The summed E-state index contributed by atoms with van der Waals surface area (Å²) in [5.41, 5.74) is 6.23. The van der Waals surface area contributed by atoms with Crippen molar-refractivity contribution in [3.63, 3.8) is 0 Å². The number of halogens is 1. The van der Waals surface area contributed by atoms with Gasteiger partial charge in [-0.15, -0.1) is 0 Å². The lowest BCUT2D eigenvalue weighted by atomic mass is 10.1. The van der Waals surface area contributed by atoms with E-state index in [1.54, 1.807) is 6.07 Å². The van der Waals surface area contributed by atoms with E-state index in [1.807, 2.05) is 20.8 Å². The molecule has 0 aromatic heterocycles. The van der Waals surface area contributed by atoms with Gasteiger partial charge >= 0.3 is 0 Å². The fourth-order valence-electron chi connectivity index (χ4n) is 1.59. The van der Waals surface area contributed by atoms with Crippen molar-refractivity contribution in [2.45, 2.75) is 39.3 Å². The molecule has 1 atom stereocenters. The monoisotopic (exact) mass is 241 g/mol. The van der Waals surface area contributed by atoms with Crippen LogP contribution in [-0.4, -0.2) is 19.3 Å². The molecule has 2 N–H and O–H groups in total. The van der Waals surface area contributed by atoms with E-state index in [2.05, 4.69) is 0 Å². The van der Waals surface area contributed by atoms with Crippen LogP contribution < -0.4 is 15.2 Å². The van der Waals surface area contributed by atoms with E-state index in [1.165, 1.54) is 13.2 Å². The second kappa shape index (κ2) is 5.87. The van der Waals surface area contributed by atoms with Crippen LogP contribution in [0.15, 0.2) is 12.1 Å². The van der Waals surface area contributed by atoms with E-state index < -0.39 is 0 Å². The first-order valence-electron chi connectivity index (χ1n) is 5.72. The Labute approximate surface area is 102 Å². The van der Waals surface area contributed by atoms with Gasteiger partial charge in [-0.05, 0) is 38.8 Å². The summed E-state index contributed by atoms with van der Waals surface area (Å²) in [5, 5.41) is 0. The summed E-state index contributed by atoms with van der Waals surface area (Å²) < 4.78 is 24.4. The van der Waals surface area contributed by atoms with Gasteiger partial charge in [0.05, 0.1) is 13.2 Å². The fourth-order valence-corrected chi connectivity index (χ4v) is 1.59. The first-order valence-corrected chi connectivity index (χ1v) is 5.72. The Hall–Kier alpha value is -1.29. The highest BCUT2D eigenvalue weighted by Gasteiger charge is 2.13. The van der Waals surface area contributed by atoms with Crippen molar-refractivity contribution in [2.75, 3.05) is 7.11 Å². The Morgan fingerprint density at radius 3 is 2.35 bits per heavy atom. The Morgan fingerprint density at radius 2 is 1.88 bits per heavy atom. The van der Waals surface area contributed by atoms with Gasteiger partial charge in [-0.3, -0.25) is 0 Å². The zero-order chi connectivity index (χ0) is 13.0. The van der Waals surface area contributed by atoms with Crippen LogP contribution in [-0.2, 0) is 6.42 Å². The second-order valence-corrected chi connectivity index (χ2v) is 4.44. The molecule has 0 aliphatic heterocycles. The Bertz CT molecular complexity index is 378.